The average molecular weight is 178 g/mol. The third-order valence-electron chi connectivity index (χ3n) is 1.26. The number of rotatable bonds is 4. The number of hydrogen-bond donors (Lipinski definition) is 0. The lowest BCUT2D eigenvalue weighted by Crippen LogP contribution is -2.62. The van der Waals surface area contributed by atoms with Crippen molar-refractivity contribution in [2.75, 3.05) is 13.2 Å². The molecule has 0 bridgehead atoms. The zero-order valence-corrected chi connectivity index (χ0v) is 8.12. The van der Waals surface area contributed by atoms with E-state index >= 15 is 0 Å². The van der Waals surface area contributed by atoms with Crippen LogP contribution in [0.3, 0.4) is 0 Å². The van der Waals surface area contributed by atoms with Crippen LogP contribution in [-0.4, -0.2) is 28.6 Å². The van der Waals surface area contributed by atoms with Gasteiger partial charge in [0.2, 0.25) is 0 Å². The van der Waals surface area contributed by atoms with Crippen molar-refractivity contribution in [1.29, 1.82) is 0 Å². The molecule has 0 aromatic carbocycles. The van der Waals surface area contributed by atoms with Gasteiger partial charge in [0, 0.05) is 13.2 Å². The van der Waals surface area contributed by atoms with E-state index in [-0.39, 0.29) is 6.29 Å². The van der Waals surface area contributed by atoms with Gasteiger partial charge < -0.3 is 17.7 Å². The molecule has 0 aromatic heterocycles. The van der Waals surface area contributed by atoms with Crippen LogP contribution in [0.2, 0.25) is 0 Å². The standard InChI is InChI=1S/C6H14O4Si/c1-4-7-11(8-5-2)9-6(3)10-11/h6H,4-5H2,1-3H3. The first-order valence-electron chi connectivity index (χ1n) is 3.86. The molecule has 66 valence electrons. The smallest absolute Gasteiger partial charge is 0.351 e. The van der Waals surface area contributed by atoms with Crippen molar-refractivity contribution in [3.8, 4) is 0 Å². The predicted octanol–water partition coefficient (Wildman–Crippen LogP) is 0.888. The maximum absolute atomic E-state index is 5.28. The van der Waals surface area contributed by atoms with Gasteiger partial charge in [0.1, 0.15) is 6.29 Å². The molecule has 0 aromatic rings. The molecule has 4 nitrogen and oxygen atoms in total. The maximum Gasteiger partial charge on any atom is 0.683 e. The molecule has 1 aliphatic rings. The van der Waals surface area contributed by atoms with E-state index in [1.807, 2.05) is 20.8 Å². The summed E-state index contributed by atoms with van der Waals surface area (Å²) in [6, 6.07) is 0. The molecule has 0 unspecified atom stereocenters. The van der Waals surface area contributed by atoms with Crippen molar-refractivity contribution in [2.45, 2.75) is 27.1 Å². The highest BCUT2D eigenvalue weighted by Gasteiger charge is 2.56. The van der Waals surface area contributed by atoms with E-state index in [9.17, 15) is 0 Å². The van der Waals surface area contributed by atoms with Crippen LogP contribution in [0.4, 0.5) is 0 Å². The summed E-state index contributed by atoms with van der Waals surface area (Å²) in [6.45, 7) is 6.74. The summed E-state index contributed by atoms with van der Waals surface area (Å²) in [4.78, 5) is 0. The summed E-state index contributed by atoms with van der Waals surface area (Å²) < 4.78 is 21.1. The minimum absolute atomic E-state index is 0.167. The van der Waals surface area contributed by atoms with Crippen LogP contribution < -0.4 is 0 Å². The van der Waals surface area contributed by atoms with E-state index < -0.39 is 9.05 Å². The van der Waals surface area contributed by atoms with Crippen molar-refractivity contribution < 1.29 is 17.7 Å². The van der Waals surface area contributed by atoms with Gasteiger partial charge in [0.25, 0.3) is 0 Å². The first-order valence-corrected chi connectivity index (χ1v) is 5.49. The summed E-state index contributed by atoms with van der Waals surface area (Å²) in [5, 5.41) is 0. The van der Waals surface area contributed by atoms with Crippen molar-refractivity contribution in [1.82, 2.24) is 0 Å². The Bertz CT molecular complexity index is 108. The van der Waals surface area contributed by atoms with Crippen LogP contribution in [0.5, 0.6) is 0 Å². The zero-order valence-electron chi connectivity index (χ0n) is 7.12. The Morgan fingerprint density at radius 3 is 1.91 bits per heavy atom. The fraction of sp³-hybridized carbons (Fsp3) is 1.00. The van der Waals surface area contributed by atoms with Crippen LogP contribution in [0.15, 0.2) is 0 Å². The lowest BCUT2D eigenvalue weighted by Gasteiger charge is -2.39. The van der Waals surface area contributed by atoms with Crippen LogP contribution in [-0.2, 0) is 17.7 Å². The van der Waals surface area contributed by atoms with Crippen LogP contribution in [0, 0.1) is 0 Å². The van der Waals surface area contributed by atoms with Crippen LogP contribution >= 0.6 is 0 Å². The van der Waals surface area contributed by atoms with Crippen LogP contribution in [0.1, 0.15) is 20.8 Å². The molecule has 0 saturated carbocycles. The Kier molecular flexibility index (Phi) is 3.03. The Morgan fingerprint density at radius 2 is 1.64 bits per heavy atom. The maximum atomic E-state index is 5.28. The molecular weight excluding hydrogens is 164 g/mol. The molecule has 5 heteroatoms. The van der Waals surface area contributed by atoms with E-state index in [0.29, 0.717) is 13.2 Å². The molecule has 11 heavy (non-hydrogen) atoms. The van der Waals surface area contributed by atoms with Crippen molar-refractivity contribution >= 4 is 9.05 Å². The topological polar surface area (TPSA) is 36.9 Å². The van der Waals surface area contributed by atoms with Gasteiger partial charge in [-0.1, -0.05) is 0 Å². The molecule has 0 spiro atoms. The summed E-state index contributed by atoms with van der Waals surface area (Å²) >= 11 is 0. The SMILES string of the molecule is CCO[Si]1(OCC)OC(C)O1. The van der Waals surface area contributed by atoms with E-state index in [1.54, 1.807) is 0 Å². The fourth-order valence-electron chi connectivity index (χ4n) is 0.947. The molecule has 1 aliphatic heterocycles. The monoisotopic (exact) mass is 178 g/mol. The average Bonchev–Trinajstić information content (AvgIpc) is 1.86. The quantitative estimate of drug-likeness (QED) is 0.599. The van der Waals surface area contributed by atoms with E-state index in [1.165, 1.54) is 0 Å². The molecule has 0 aliphatic carbocycles. The molecule has 1 heterocycles. The summed E-state index contributed by atoms with van der Waals surface area (Å²) in [7, 11) is -2.61. The fourth-order valence-corrected chi connectivity index (χ4v) is 2.84. The van der Waals surface area contributed by atoms with Gasteiger partial charge in [-0.15, -0.1) is 0 Å². The summed E-state index contributed by atoms with van der Waals surface area (Å²) in [6.07, 6.45) is -0.167. The zero-order chi connectivity index (χ0) is 8.32. The second kappa shape index (κ2) is 3.64. The Balaban J connectivity index is 2.33. The van der Waals surface area contributed by atoms with Gasteiger partial charge in [0.15, 0.2) is 0 Å². The minimum atomic E-state index is -2.61. The predicted molar refractivity (Wildman–Crippen MR) is 40.6 cm³/mol. The van der Waals surface area contributed by atoms with Crippen LogP contribution in [0.25, 0.3) is 0 Å². The van der Waals surface area contributed by atoms with Crippen molar-refractivity contribution in [3.05, 3.63) is 0 Å². The lowest BCUT2D eigenvalue weighted by molar-refractivity contribution is -0.215. The second-order valence-corrected chi connectivity index (χ2v) is 4.22. The third kappa shape index (κ3) is 2.00. The van der Waals surface area contributed by atoms with E-state index in [4.69, 9.17) is 17.7 Å². The Hall–Kier alpha value is 0.0569. The van der Waals surface area contributed by atoms with Gasteiger partial charge in [-0.05, 0) is 20.8 Å². The highest BCUT2D eigenvalue weighted by Crippen LogP contribution is 2.26. The minimum Gasteiger partial charge on any atom is -0.351 e. The molecular formula is C6H14O4Si. The van der Waals surface area contributed by atoms with Gasteiger partial charge in [0.05, 0.1) is 0 Å². The second-order valence-electron chi connectivity index (χ2n) is 2.17. The van der Waals surface area contributed by atoms with Gasteiger partial charge >= 0.3 is 9.05 Å². The third-order valence-corrected chi connectivity index (χ3v) is 3.79. The molecule has 1 fully saturated rings. The highest BCUT2D eigenvalue weighted by molar-refractivity contribution is 6.55. The van der Waals surface area contributed by atoms with Gasteiger partial charge in [-0.3, -0.25) is 0 Å². The summed E-state index contributed by atoms with van der Waals surface area (Å²) in [5.41, 5.74) is 0. The first kappa shape index (κ1) is 9.15. The Labute approximate surface area is 67.9 Å². The number of hydrogen-bond acceptors (Lipinski definition) is 4. The molecule has 0 amide bonds. The van der Waals surface area contributed by atoms with Crippen molar-refractivity contribution in [2.24, 2.45) is 0 Å². The summed E-state index contributed by atoms with van der Waals surface area (Å²) in [5.74, 6) is 0. The molecule has 0 N–H and O–H groups in total. The van der Waals surface area contributed by atoms with E-state index in [2.05, 4.69) is 0 Å². The van der Waals surface area contributed by atoms with Gasteiger partial charge in [-0.25, -0.2) is 0 Å². The van der Waals surface area contributed by atoms with Gasteiger partial charge in [-0.2, -0.15) is 0 Å². The highest BCUT2D eigenvalue weighted by atomic mass is 28.4. The largest absolute Gasteiger partial charge is 0.683 e. The lowest BCUT2D eigenvalue weighted by atomic mass is 10.8. The van der Waals surface area contributed by atoms with E-state index in [0.717, 1.165) is 0 Å². The molecule has 0 atom stereocenters. The van der Waals surface area contributed by atoms with Crippen molar-refractivity contribution in [3.63, 3.8) is 0 Å². The molecule has 0 radical (unpaired) electrons. The molecule has 1 saturated heterocycles. The Morgan fingerprint density at radius 1 is 1.18 bits per heavy atom. The normalized spacial score (nSPS) is 23.2. The first-order chi connectivity index (χ1) is 5.22. The molecule has 1 rings (SSSR count).